The lowest BCUT2D eigenvalue weighted by Crippen LogP contribution is -2.49. The second-order valence-corrected chi connectivity index (χ2v) is 9.04. The minimum atomic E-state index is 0. The molecule has 0 spiro atoms. The Morgan fingerprint density at radius 3 is 2.65 bits per heavy atom. The standard InChI is InChI=1S/C23H33N5OS.HI/c1-24-23(26-19-9-12-27(13-10-19)22-7-4-14-30-22)25-16-18-8-11-28(17-18)20-5-3-6-21(15-20)29-2;/h3-7,14-15,18-19H,8-13,16-17H2,1-2H3,(H2,24,25,26);1H. The second kappa shape index (κ2) is 11.8. The Bertz CT molecular complexity index is 823. The van der Waals surface area contributed by atoms with Gasteiger partial charge in [-0.3, -0.25) is 4.99 Å². The molecule has 0 radical (unpaired) electrons. The van der Waals surface area contributed by atoms with Gasteiger partial charge in [0, 0.05) is 57.6 Å². The van der Waals surface area contributed by atoms with E-state index in [4.69, 9.17) is 4.74 Å². The molecule has 1 atom stereocenters. The van der Waals surface area contributed by atoms with Crippen molar-refractivity contribution in [1.29, 1.82) is 0 Å². The van der Waals surface area contributed by atoms with Gasteiger partial charge in [-0.2, -0.15) is 0 Å². The fourth-order valence-corrected chi connectivity index (χ4v) is 5.15. The van der Waals surface area contributed by atoms with Crippen LogP contribution < -0.4 is 25.2 Å². The molecule has 1 aromatic carbocycles. The number of hydrogen-bond donors (Lipinski definition) is 2. The van der Waals surface area contributed by atoms with E-state index in [2.05, 4.69) is 61.1 Å². The molecule has 2 aliphatic rings. The molecule has 1 aromatic heterocycles. The van der Waals surface area contributed by atoms with Gasteiger partial charge in [0.25, 0.3) is 0 Å². The number of piperidine rings is 1. The van der Waals surface area contributed by atoms with Crippen molar-refractivity contribution in [3.8, 4) is 5.75 Å². The van der Waals surface area contributed by atoms with E-state index in [1.54, 1.807) is 7.11 Å². The van der Waals surface area contributed by atoms with E-state index in [0.717, 1.165) is 57.3 Å². The molecule has 4 rings (SSSR count). The highest BCUT2D eigenvalue weighted by Gasteiger charge is 2.24. The van der Waals surface area contributed by atoms with Crippen LogP contribution in [0.4, 0.5) is 10.7 Å². The molecule has 1 unspecified atom stereocenters. The number of anilines is 2. The molecule has 6 nitrogen and oxygen atoms in total. The smallest absolute Gasteiger partial charge is 0.191 e. The van der Waals surface area contributed by atoms with E-state index >= 15 is 0 Å². The van der Waals surface area contributed by atoms with E-state index < -0.39 is 0 Å². The summed E-state index contributed by atoms with van der Waals surface area (Å²) in [4.78, 5) is 9.41. The molecule has 2 N–H and O–H groups in total. The monoisotopic (exact) mass is 555 g/mol. The van der Waals surface area contributed by atoms with Crippen LogP contribution in [0.25, 0.3) is 0 Å². The summed E-state index contributed by atoms with van der Waals surface area (Å²) >= 11 is 1.83. The average Bonchev–Trinajstić information content (AvgIpc) is 3.49. The van der Waals surface area contributed by atoms with E-state index in [9.17, 15) is 0 Å². The number of methoxy groups -OCH3 is 1. The third-order valence-electron chi connectivity index (χ3n) is 6.14. The molecule has 3 heterocycles. The van der Waals surface area contributed by atoms with Gasteiger partial charge in [-0.1, -0.05) is 6.07 Å². The maximum absolute atomic E-state index is 5.37. The van der Waals surface area contributed by atoms with Gasteiger partial charge < -0.3 is 25.2 Å². The van der Waals surface area contributed by atoms with Gasteiger partial charge >= 0.3 is 0 Å². The van der Waals surface area contributed by atoms with Crippen LogP contribution in [-0.2, 0) is 0 Å². The highest BCUT2D eigenvalue weighted by molar-refractivity contribution is 14.0. The third kappa shape index (κ3) is 6.41. The SMILES string of the molecule is CN=C(NCC1CCN(c2cccc(OC)c2)C1)NC1CCN(c2cccs2)CC1.I. The molecule has 2 saturated heterocycles. The minimum absolute atomic E-state index is 0. The number of guanidine groups is 1. The zero-order valence-electron chi connectivity index (χ0n) is 18.4. The quantitative estimate of drug-likeness (QED) is 0.320. The maximum Gasteiger partial charge on any atom is 0.191 e. The Kier molecular flexibility index (Phi) is 9.13. The van der Waals surface area contributed by atoms with Gasteiger partial charge in [-0.05, 0) is 54.8 Å². The van der Waals surface area contributed by atoms with Gasteiger partial charge in [0.1, 0.15) is 5.75 Å². The molecule has 31 heavy (non-hydrogen) atoms. The predicted molar refractivity (Wildman–Crippen MR) is 143 cm³/mol. The molecule has 0 saturated carbocycles. The molecule has 8 heteroatoms. The van der Waals surface area contributed by atoms with Gasteiger partial charge in [0.15, 0.2) is 5.96 Å². The summed E-state index contributed by atoms with van der Waals surface area (Å²) in [6.45, 7) is 5.32. The Labute approximate surface area is 207 Å². The number of aliphatic imine (C=N–C) groups is 1. The lowest BCUT2D eigenvalue weighted by molar-refractivity contribution is 0.415. The predicted octanol–water partition coefficient (Wildman–Crippen LogP) is 4.04. The molecule has 2 aliphatic heterocycles. The molecule has 2 aromatic rings. The van der Waals surface area contributed by atoms with Crippen LogP contribution in [0.3, 0.4) is 0 Å². The normalized spacial score (nSPS) is 19.8. The van der Waals surface area contributed by atoms with E-state index in [-0.39, 0.29) is 24.0 Å². The Balaban J connectivity index is 0.00000272. The number of halogens is 1. The maximum atomic E-state index is 5.37. The molecule has 0 aliphatic carbocycles. The summed E-state index contributed by atoms with van der Waals surface area (Å²) in [5.41, 5.74) is 1.25. The van der Waals surface area contributed by atoms with Crippen LogP contribution in [0.2, 0.25) is 0 Å². The van der Waals surface area contributed by atoms with Crippen LogP contribution in [0.5, 0.6) is 5.75 Å². The van der Waals surface area contributed by atoms with Gasteiger partial charge in [0.05, 0.1) is 12.1 Å². The van der Waals surface area contributed by atoms with Crippen LogP contribution in [0.1, 0.15) is 19.3 Å². The van der Waals surface area contributed by atoms with Crippen LogP contribution >= 0.6 is 35.3 Å². The van der Waals surface area contributed by atoms with Gasteiger partial charge in [-0.25, -0.2) is 0 Å². The van der Waals surface area contributed by atoms with Crippen molar-refractivity contribution < 1.29 is 4.74 Å². The molecule has 2 fully saturated rings. The number of rotatable bonds is 6. The van der Waals surface area contributed by atoms with Crippen LogP contribution in [0.15, 0.2) is 46.8 Å². The van der Waals surface area contributed by atoms with Gasteiger partial charge in [0.2, 0.25) is 0 Å². The fourth-order valence-electron chi connectivity index (χ4n) is 4.36. The van der Waals surface area contributed by atoms with Crippen molar-refractivity contribution in [1.82, 2.24) is 10.6 Å². The first-order chi connectivity index (χ1) is 14.7. The van der Waals surface area contributed by atoms with Crippen molar-refractivity contribution in [3.05, 3.63) is 41.8 Å². The summed E-state index contributed by atoms with van der Waals surface area (Å²) in [7, 11) is 3.59. The van der Waals surface area contributed by atoms with E-state index in [0.29, 0.717) is 12.0 Å². The van der Waals surface area contributed by atoms with E-state index in [1.807, 2.05) is 24.5 Å². The fraction of sp³-hybridized carbons (Fsp3) is 0.522. The molecule has 0 bridgehead atoms. The Morgan fingerprint density at radius 2 is 1.94 bits per heavy atom. The number of ether oxygens (including phenoxy) is 1. The molecular weight excluding hydrogens is 521 g/mol. The lowest BCUT2D eigenvalue weighted by Gasteiger charge is -2.33. The third-order valence-corrected chi connectivity index (χ3v) is 7.07. The molecular formula is C23H34IN5OS. The zero-order valence-corrected chi connectivity index (χ0v) is 21.6. The summed E-state index contributed by atoms with van der Waals surface area (Å²) in [5.74, 6) is 2.48. The largest absolute Gasteiger partial charge is 0.497 e. The van der Waals surface area contributed by atoms with Crippen molar-refractivity contribution >= 4 is 52.0 Å². The van der Waals surface area contributed by atoms with Crippen molar-refractivity contribution in [2.75, 3.05) is 56.7 Å². The van der Waals surface area contributed by atoms with Crippen molar-refractivity contribution in [2.24, 2.45) is 10.9 Å². The first kappa shape index (κ1) is 24.0. The van der Waals surface area contributed by atoms with Crippen molar-refractivity contribution in [2.45, 2.75) is 25.3 Å². The number of hydrogen-bond acceptors (Lipinski definition) is 5. The minimum Gasteiger partial charge on any atom is -0.497 e. The first-order valence-electron chi connectivity index (χ1n) is 10.9. The molecule has 170 valence electrons. The Morgan fingerprint density at radius 1 is 1.13 bits per heavy atom. The summed E-state index contributed by atoms with van der Waals surface area (Å²) in [6.07, 6.45) is 3.48. The lowest BCUT2D eigenvalue weighted by atomic mass is 10.1. The second-order valence-electron chi connectivity index (χ2n) is 8.11. The highest BCUT2D eigenvalue weighted by atomic mass is 127. The number of thiophene rings is 1. The summed E-state index contributed by atoms with van der Waals surface area (Å²) in [5, 5.41) is 10.8. The topological polar surface area (TPSA) is 52.1 Å². The van der Waals surface area contributed by atoms with E-state index in [1.165, 1.54) is 17.1 Å². The number of nitrogens with one attached hydrogen (secondary N) is 2. The number of benzene rings is 1. The first-order valence-corrected chi connectivity index (χ1v) is 11.8. The highest BCUT2D eigenvalue weighted by Crippen LogP contribution is 2.27. The number of nitrogens with zero attached hydrogens (tertiary/aromatic N) is 3. The van der Waals surface area contributed by atoms with Crippen molar-refractivity contribution in [3.63, 3.8) is 0 Å². The van der Waals surface area contributed by atoms with Gasteiger partial charge in [-0.15, -0.1) is 35.3 Å². The summed E-state index contributed by atoms with van der Waals surface area (Å²) < 4.78 is 5.37. The van der Waals surface area contributed by atoms with Crippen LogP contribution in [0, 0.1) is 5.92 Å². The molecule has 0 amide bonds. The zero-order chi connectivity index (χ0) is 20.8. The van der Waals surface area contributed by atoms with Crippen LogP contribution in [-0.4, -0.2) is 58.9 Å². The average molecular weight is 556 g/mol. The Hall–Kier alpha value is -1.68. The summed E-state index contributed by atoms with van der Waals surface area (Å²) in [6, 6.07) is 13.2.